The van der Waals surface area contributed by atoms with Crippen LogP contribution in [0.25, 0.3) is 0 Å². The summed E-state index contributed by atoms with van der Waals surface area (Å²) < 4.78 is 45.5. The summed E-state index contributed by atoms with van der Waals surface area (Å²) in [5.41, 5.74) is 6.57. The second kappa shape index (κ2) is 10.8. The van der Waals surface area contributed by atoms with E-state index in [4.69, 9.17) is 16.3 Å². The minimum absolute atomic E-state index is 0.0671. The van der Waals surface area contributed by atoms with E-state index in [1.807, 2.05) is 6.92 Å². The largest absolute Gasteiger partial charge is 0.383 e. The summed E-state index contributed by atoms with van der Waals surface area (Å²) >= 11 is 5.94. The van der Waals surface area contributed by atoms with Gasteiger partial charge in [0.15, 0.2) is 17.6 Å². The molecule has 2 aromatic carbocycles. The van der Waals surface area contributed by atoms with Crippen molar-refractivity contribution in [2.45, 2.75) is 31.6 Å². The third kappa shape index (κ3) is 6.42. The van der Waals surface area contributed by atoms with Gasteiger partial charge in [-0.1, -0.05) is 11.6 Å². The van der Waals surface area contributed by atoms with Crippen molar-refractivity contribution < 1.29 is 22.7 Å². The molecule has 1 fully saturated rings. The van der Waals surface area contributed by atoms with Crippen molar-refractivity contribution in [1.29, 1.82) is 0 Å². The van der Waals surface area contributed by atoms with Crippen molar-refractivity contribution in [3.05, 3.63) is 70.0 Å². The standard InChI is InChI=1S/C21H23ClF3N5O2/c1-11(10-32-2)26-21(28-20(31)12-3-4-16(24)17(25)7-12)27-19-9-18(29-30-19)13-5-14(22)8-15(23)6-13/h3-8,11,18-19,29-30H,9-10H2,1-2H3,(H2,26,27,28,31)/t11-,18?,19?/m0/s1. The van der Waals surface area contributed by atoms with Gasteiger partial charge in [-0.15, -0.1) is 0 Å². The number of halogens is 4. The molecule has 0 bridgehead atoms. The molecule has 2 aromatic rings. The van der Waals surface area contributed by atoms with Gasteiger partial charge in [-0.25, -0.2) is 29.0 Å². The summed E-state index contributed by atoms with van der Waals surface area (Å²) in [6.45, 7) is 2.15. The summed E-state index contributed by atoms with van der Waals surface area (Å²) in [6.07, 6.45) is -0.0467. The van der Waals surface area contributed by atoms with Crippen molar-refractivity contribution in [3.63, 3.8) is 0 Å². The molecule has 0 saturated carbocycles. The molecule has 2 unspecified atom stereocenters. The molecule has 32 heavy (non-hydrogen) atoms. The Hall–Kier alpha value is -2.66. The first-order chi connectivity index (χ1) is 15.2. The number of hydrazine groups is 1. The Morgan fingerprint density at radius 1 is 1.22 bits per heavy atom. The summed E-state index contributed by atoms with van der Waals surface area (Å²) in [5.74, 6) is -3.18. The first-order valence-corrected chi connectivity index (χ1v) is 10.2. The number of aliphatic imine (C=N–C) groups is 1. The molecule has 0 aliphatic carbocycles. The minimum atomic E-state index is -1.13. The van der Waals surface area contributed by atoms with Crippen LogP contribution in [0.4, 0.5) is 13.2 Å². The predicted octanol–water partition coefficient (Wildman–Crippen LogP) is 3.03. The van der Waals surface area contributed by atoms with Crippen molar-refractivity contribution in [2.75, 3.05) is 13.7 Å². The second-order valence-corrected chi connectivity index (χ2v) is 7.79. The van der Waals surface area contributed by atoms with Crippen LogP contribution in [0.5, 0.6) is 0 Å². The van der Waals surface area contributed by atoms with Crippen LogP contribution in [0.2, 0.25) is 5.02 Å². The van der Waals surface area contributed by atoms with Gasteiger partial charge < -0.3 is 10.1 Å². The summed E-state index contributed by atoms with van der Waals surface area (Å²) in [4.78, 5) is 17.0. The molecule has 1 heterocycles. The number of benzene rings is 2. The Balaban J connectivity index is 1.75. The van der Waals surface area contributed by atoms with E-state index in [0.29, 0.717) is 18.6 Å². The molecule has 7 nitrogen and oxygen atoms in total. The van der Waals surface area contributed by atoms with Crippen LogP contribution in [-0.4, -0.2) is 37.8 Å². The van der Waals surface area contributed by atoms with E-state index in [-0.39, 0.29) is 28.6 Å². The molecule has 0 spiro atoms. The lowest BCUT2D eigenvalue weighted by atomic mass is 10.0. The van der Waals surface area contributed by atoms with E-state index in [1.165, 1.54) is 25.3 Å². The van der Waals surface area contributed by atoms with Crippen LogP contribution < -0.4 is 21.5 Å². The molecule has 3 atom stereocenters. The van der Waals surface area contributed by atoms with Gasteiger partial charge in [0.1, 0.15) is 12.0 Å². The van der Waals surface area contributed by atoms with E-state index in [0.717, 1.165) is 12.1 Å². The first kappa shape index (κ1) is 24.0. The van der Waals surface area contributed by atoms with Gasteiger partial charge in [-0.2, -0.15) is 0 Å². The Morgan fingerprint density at radius 3 is 2.69 bits per heavy atom. The number of carbonyl (C=O) groups is 1. The third-order valence-electron chi connectivity index (χ3n) is 4.67. The van der Waals surface area contributed by atoms with Crippen molar-refractivity contribution in [3.8, 4) is 0 Å². The fourth-order valence-corrected chi connectivity index (χ4v) is 3.45. The smallest absolute Gasteiger partial charge is 0.258 e. The molecule has 1 amide bonds. The number of nitrogens with zero attached hydrogens (tertiary/aromatic N) is 1. The van der Waals surface area contributed by atoms with E-state index in [2.05, 4.69) is 26.5 Å². The van der Waals surface area contributed by atoms with Crippen LogP contribution in [0.15, 0.2) is 41.4 Å². The van der Waals surface area contributed by atoms with Crippen molar-refractivity contribution >= 4 is 23.5 Å². The highest BCUT2D eigenvalue weighted by Crippen LogP contribution is 2.26. The lowest BCUT2D eigenvalue weighted by Gasteiger charge is -2.18. The number of ether oxygens (including phenoxy) is 1. The zero-order chi connectivity index (χ0) is 23.3. The predicted molar refractivity (Wildman–Crippen MR) is 115 cm³/mol. The number of rotatable bonds is 6. The van der Waals surface area contributed by atoms with Gasteiger partial charge in [0.2, 0.25) is 0 Å². The molecule has 1 saturated heterocycles. The molecular formula is C21H23ClF3N5O2. The quantitative estimate of drug-likeness (QED) is 0.386. The number of hydrogen-bond acceptors (Lipinski definition) is 5. The van der Waals surface area contributed by atoms with Gasteiger partial charge >= 0.3 is 0 Å². The molecule has 1 aliphatic heterocycles. The highest BCUT2D eigenvalue weighted by atomic mass is 35.5. The zero-order valence-electron chi connectivity index (χ0n) is 17.4. The fourth-order valence-electron chi connectivity index (χ4n) is 3.22. The molecular weight excluding hydrogens is 447 g/mol. The summed E-state index contributed by atoms with van der Waals surface area (Å²) in [7, 11) is 1.53. The normalized spacial score (nSPS) is 19.6. The van der Waals surface area contributed by atoms with Gasteiger partial charge in [-0.05, 0) is 48.9 Å². The number of nitrogens with one attached hydrogen (secondary N) is 4. The Bertz CT molecular complexity index is 987. The Labute approximate surface area is 188 Å². The summed E-state index contributed by atoms with van der Waals surface area (Å²) in [6, 6.07) is 6.62. The molecule has 172 valence electrons. The third-order valence-corrected chi connectivity index (χ3v) is 4.89. The van der Waals surface area contributed by atoms with Crippen LogP contribution in [-0.2, 0) is 4.74 Å². The van der Waals surface area contributed by atoms with E-state index < -0.39 is 29.5 Å². The number of guanidine groups is 1. The number of hydrogen-bond donors (Lipinski definition) is 4. The van der Waals surface area contributed by atoms with Crippen LogP contribution in [0, 0.1) is 17.5 Å². The summed E-state index contributed by atoms with van der Waals surface area (Å²) in [5, 5.41) is 5.88. The fraction of sp³-hybridized carbons (Fsp3) is 0.333. The maximum Gasteiger partial charge on any atom is 0.258 e. The SMILES string of the molecule is COC[C@H](C)NC(=NC1CC(c2cc(F)cc(Cl)c2)NN1)NC(=O)c1ccc(F)c(F)c1. The van der Waals surface area contributed by atoms with Crippen LogP contribution in [0.3, 0.4) is 0 Å². The van der Waals surface area contributed by atoms with Gasteiger partial charge in [0.25, 0.3) is 5.91 Å². The average Bonchev–Trinajstić information content (AvgIpc) is 3.18. The van der Waals surface area contributed by atoms with Crippen molar-refractivity contribution in [1.82, 2.24) is 21.5 Å². The maximum absolute atomic E-state index is 13.7. The van der Waals surface area contributed by atoms with Gasteiger partial charge in [0.05, 0.1) is 6.61 Å². The monoisotopic (exact) mass is 469 g/mol. The Morgan fingerprint density at radius 2 is 2.00 bits per heavy atom. The highest BCUT2D eigenvalue weighted by molar-refractivity contribution is 6.30. The van der Waals surface area contributed by atoms with Gasteiger partial charge in [-0.3, -0.25) is 10.1 Å². The van der Waals surface area contributed by atoms with Gasteiger partial charge in [0, 0.05) is 36.2 Å². The first-order valence-electron chi connectivity index (χ1n) is 9.82. The number of amides is 1. The lowest BCUT2D eigenvalue weighted by molar-refractivity contribution is 0.0974. The van der Waals surface area contributed by atoms with E-state index in [1.54, 1.807) is 6.07 Å². The molecule has 0 radical (unpaired) electrons. The molecule has 11 heteroatoms. The van der Waals surface area contributed by atoms with Crippen LogP contribution in [0.1, 0.15) is 35.3 Å². The van der Waals surface area contributed by atoms with E-state index >= 15 is 0 Å². The number of methoxy groups -OCH3 is 1. The lowest BCUT2D eigenvalue weighted by Crippen LogP contribution is -2.47. The zero-order valence-corrected chi connectivity index (χ0v) is 18.1. The van der Waals surface area contributed by atoms with E-state index in [9.17, 15) is 18.0 Å². The second-order valence-electron chi connectivity index (χ2n) is 7.36. The average molecular weight is 470 g/mol. The maximum atomic E-state index is 13.7. The highest BCUT2D eigenvalue weighted by Gasteiger charge is 2.26. The Kier molecular flexibility index (Phi) is 8.08. The minimum Gasteiger partial charge on any atom is -0.383 e. The van der Waals surface area contributed by atoms with Crippen molar-refractivity contribution in [2.24, 2.45) is 4.99 Å². The molecule has 0 aromatic heterocycles. The molecule has 1 aliphatic rings. The molecule has 4 N–H and O–H groups in total. The number of carbonyl (C=O) groups excluding carboxylic acids is 1. The molecule has 3 rings (SSSR count). The van der Waals surface area contributed by atoms with Crippen LogP contribution >= 0.6 is 11.6 Å². The topological polar surface area (TPSA) is 86.8 Å².